The first-order chi connectivity index (χ1) is 9.88. The monoisotopic (exact) mass is 416 g/mol. The van der Waals surface area contributed by atoms with Crippen LogP contribution >= 0.6 is 34.2 Å². The van der Waals surface area contributed by atoms with Crippen LogP contribution in [0.15, 0.2) is 36.4 Å². The molecule has 2 aromatic carbocycles. The van der Waals surface area contributed by atoms with Crippen molar-refractivity contribution in [3.63, 3.8) is 0 Å². The Morgan fingerprint density at radius 1 is 1.29 bits per heavy atom. The van der Waals surface area contributed by atoms with Crippen LogP contribution in [-0.2, 0) is 0 Å². The second kappa shape index (κ2) is 6.40. The molecule has 0 aromatic heterocycles. The van der Waals surface area contributed by atoms with Crippen molar-refractivity contribution < 1.29 is 9.72 Å². The van der Waals surface area contributed by atoms with E-state index < -0.39 is 10.8 Å². The molecule has 108 valence electrons. The highest BCUT2D eigenvalue weighted by Crippen LogP contribution is 2.25. The Labute approximate surface area is 139 Å². The van der Waals surface area contributed by atoms with E-state index in [9.17, 15) is 14.9 Å². The molecule has 0 spiro atoms. The fourth-order valence-electron chi connectivity index (χ4n) is 1.73. The molecule has 0 saturated heterocycles. The molecule has 2 aromatic rings. The van der Waals surface area contributed by atoms with Gasteiger partial charge in [-0.2, -0.15) is 0 Å². The van der Waals surface area contributed by atoms with Gasteiger partial charge in [-0.05, 0) is 53.8 Å². The maximum absolute atomic E-state index is 12.1. The molecule has 0 unspecified atom stereocenters. The molecular formula is C14H10ClIN2O3. The zero-order valence-corrected chi connectivity index (χ0v) is 13.8. The molecule has 0 radical (unpaired) electrons. The fourth-order valence-corrected chi connectivity index (χ4v) is 2.64. The number of nitrogens with zero attached hydrogens (tertiary/aromatic N) is 1. The minimum atomic E-state index is -0.510. The van der Waals surface area contributed by atoms with E-state index in [-0.39, 0.29) is 11.3 Å². The average Bonchev–Trinajstić information content (AvgIpc) is 2.42. The van der Waals surface area contributed by atoms with Crippen LogP contribution in [0.5, 0.6) is 0 Å². The number of aryl methyl sites for hydroxylation is 1. The number of carbonyl (C=O) groups excluding carboxylic acids is 1. The third-order valence-electron chi connectivity index (χ3n) is 2.85. The molecule has 0 fully saturated rings. The lowest BCUT2D eigenvalue weighted by molar-refractivity contribution is -0.385. The van der Waals surface area contributed by atoms with Crippen molar-refractivity contribution in [2.24, 2.45) is 0 Å². The first kappa shape index (κ1) is 15.7. The summed E-state index contributed by atoms with van der Waals surface area (Å²) in [5, 5.41) is 14.0. The Kier molecular flexibility index (Phi) is 4.79. The molecule has 0 aliphatic carbocycles. The minimum Gasteiger partial charge on any atom is -0.321 e. The van der Waals surface area contributed by atoms with Crippen LogP contribution in [0.25, 0.3) is 0 Å². The Balaban J connectivity index is 2.28. The largest absolute Gasteiger partial charge is 0.321 e. The summed E-state index contributed by atoms with van der Waals surface area (Å²) in [7, 11) is 0. The lowest BCUT2D eigenvalue weighted by Crippen LogP contribution is -2.12. The van der Waals surface area contributed by atoms with Crippen LogP contribution in [0.4, 0.5) is 11.4 Å². The summed E-state index contributed by atoms with van der Waals surface area (Å²) in [6, 6.07) is 9.55. The highest BCUT2D eigenvalue weighted by atomic mass is 127. The van der Waals surface area contributed by atoms with Crippen LogP contribution < -0.4 is 5.32 Å². The lowest BCUT2D eigenvalue weighted by Gasteiger charge is -2.08. The number of halogens is 2. The Bertz CT molecular complexity index is 734. The van der Waals surface area contributed by atoms with E-state index in [1.807, 2.05) is 0 Å². The van der Waals surface area contributed by atoms with Crippen LogP contribution in [0, 0.1) is 20.6 Å². The van der Waals surface area contributed by atoms with Gasteiger partial charge in [-0.3, -0.25) is 14.9 Å². The lowest BCUT2D eigenvalue weighted by atomic mass is 10.1. The third kappa shape index (κ3) is 3.70. The summed E-state index contributed by atoms with van der Waals surface area (Å²) in [4.78, 5) is 22.5. The molecule has 1 N–H and O–H groups in total. The number of hydrogen-bond acceptors (Lipinski definition) is 3. The van der Waals surface area contributed by atoms with Crippen molar-refractivity contribution in [3.8, 4) is 0 Å². The van der Waals surface area contributed by atoms with E-state index in [0.29, 0.717) is 16.3 Å². The van der Waals surface area contributed by atoms with Crippen LogP contribution in [-0.4, -0.2) is 10.8 Å². The number of nitro benzene ring substituents is 1. The van der Waals surface area contributed by atoms with Crippen LogP contribution in [0.3, 0.4) is 0 Å². The number of hydrogen-bond donors (Lipinski definition) is 1. The number of rotatable bonds is 3. The predicted octanol–water partition coefficient (Wildman–Crippen LogP) is 4.41. The van der Waals surface area contributed by atoms with E-state index in [1.165, 1.54) is 12.1 Å². The first-order valence-electron chi connectivity index (χ1n) is 5.90. The first-order valence-corrected chi connectivity index (χ1v) is 7.35. The van der Waals surface area contributed by atoms with Gasteiger partial charge in [0.05, 0.1) is 15.6 Å². The normalized spacial score (nSPS) is 10.2. The molecule has 1 amide bonds. The van der Waals surface area contributed by atoms with Crippen molar-refractivity contribution in [2.75, 3.05) is 5.32 Å². The van der Waals surface area contributed by atoms with E-state index >= 15 is 0 Å². The van der Waals surface area contributed by atoms with E-state index in [0.717, 1.165) is 3.57 Å². The highest BCUT2D eigenvalue weighted by molar-refractivity contribution is 14.1. The van der Waals surface area contributed by atoms with Gasteiger partial charge in [0, 0.05) is 20.8 Å². The topological polar surface area (TPSA) is 72.2 Å². The van der Waals surface area contributed by atoms with Crippen LogP contribution in [0.2, 0.25) is 5.02 Å². The number of carbonyl (C=O) groups is 1. The number of nitro groups is 1. The van der Waals surface area contributed by atoms with Gasteiger partial charge in [-0.1, -0.05) is 17.7 Å². The van der Waals surface area contributed by atoms with Gasteiger partial charge < -0.3 is 5.32 Å². The molecule has 0 heterocycles. The zero-order valence-electron chi connectivity index (χ0n) is 10.9. The second-order valence-corrected chi connectivity index (χ2v) is 5.99. The maximum Gasteiger partial charge on any atom is 0.273 e. The summed E-state index contributed by atoms with van der Waals surface area (Å²) in [5.41, 5.74) is 1.09. The molecule has 0 aliphatic rings. The molecule has 5 nitrogen and oxygen atoms in total. The maximum atomic E-state index is 12.1. The van der Waals surface area contributed by atoms with Gasteiger partial charge in [0.1, 0.15) is 0 Å². The van der Waals surface area contributed by atoms with E-state index in [2.05, 4.69) is 27.9 Å². The number of anilines is 1. The minimum absolute atomic E-state index is 0.0867. The van der Waals surface area contributed by atoms with Crippen molar-refractivity contribution in [3.05, 3.63) is 66.2 Å². The molecule has 0 saturated carbocycles. The van der Waals surface area contributed by atoms with E-state index in [4.69, 9.17) is 11.6 Å². The molecule has 0 aliphatic heterocycles. The van der Waals surface area contributed by atoms with Crippen molar-refractivity contribution in [1.82, 2.24) is 0 Å². The number of nitrogens with one attached hydrogen (secondary N) is 1. The molecule has 7 heteroatoms. The second-order valence-electron chi connectivity index (χ2n) is 4.34. The van der Waals surface area contributed by atoms with Crippen molar-refractivity contribution in [2.45, 2.75) is 6.92 Å². The molecule has 2 rings (SSSR count). The van der Waals surface area contributed by atoms with Gasteiger partial charge in [0.25, 0.3) is 11.6 Å². The van der Waals surface area contributed by atoms with Gasteiger partial charge in [-0.25, -0.2) is 0 Å². The Morgan fingerprint density at radius 3 is 2.62 bits per heavy atom. The smallest absolute Gasteiger partial charge is 0.273 e. The molecule has 0 bridgehead atoms. The van der Waals surface area contributed by atoms with Gasteiger partial charge in [0.2, 0.25) is 0 Å². The zero-order chi connectivity index (χ0) is 15.6. The third-order valence-corrected chi connectivity index (χ3v) is 3.83. The summed E-state index contributed by atoms with van der Waals surface area (Å²) in [6.45, 7) is 1.62. The Hall–Kier alpha value is -1.67. The van der Waals surface area contributed by atoms with Crippen LogP contribution in [0.1, 0.15) is 15.9 Å². The van der Waals surface area contributed by atoms with Crippen molar-refractivity contribution >= 4 is 51.5 Å². The van der Waals surface area contributed by atoms with Gasteiger partial charge >= 0.3 is 0 Å². The SMILES string of the molecule is Cc1ccc(C(=O)Nc2ccc(I)cc2Cl)cc1[N+](=O)[O-]. The predicted molar refractivity (Wildman–Crippen MR) is 90.0 cm³/mol. The highest BCUT2D eigenvalue weighted by Gasteiger charge is 2.15. The van der Waals surface area contributed by atoms with Gasteiger partial charge in [0.15, 0.2) is 0 Å². The quantitative estimate of drug-likeness (QED) is 0.457. The fraction of sp³-hybridized carbons (Fsp3) is 0.0714. The molecule has 0 atom stereocenters. The summed E-state index contributed by atoms with van der Waals surface area (Å²) in [6.07, 6.45) is 0. The summed E-state index contributed by atoms with van der Waals surface area (Å²) < 4.78 is 0.946. The molecular weight excluding hydrogens is 407 g/mol. The van der Waals surface area contributed by atoms with Gasteiger partial charge in [-0.15, -0.1) is 0 Å². The summed E-state index contributed by atoms with van der Waals surface area (Å²) in [5.74, 6) is -0.443. The Morgan fingerprint density at radius 2 is 2.00 bits per heavy atom. The molecule has 21 heavy (non-hydrogen) atoms. The average molecular weight is 417 g/mol. The summed E-state index contributed by atoms with van der Waals surface area (Å²) >= 11 is 8.15. The number of benzene rings is 2. The number of amides is 1. The van der Waals surface area contributed by atoms with Crippen molar-refractivity contribution in [1.29, 1.82) is 0 Å². The van der Waals surface area contributed by atoms with E-state index in [1.54, 1.807) is 31.2 Å². The standard InChI is InChI=1S/C14H10ClIN2O3/c1-8-2-3-9(6-13(8)18(20)21)14(19)17-12-5-4-10(16)7-11(12)15/h2-7H,1H3,(H,17,19).